The zero-order valence-corrected chi connectivity index (χ0v) is 17.7. The van der Waals surface area contributed by atoms with Crippen LogP contribution in [-0.4, -0.2) is 55.1 Å². The first kappa shape index (κ1) is 21.2. The average molecular weight is 420 g/mol. The van der Waals surface area contributed by atoms with Gasteiger partial charge in [0.25, 0.3) is 5.91 Å². The van der Waals surface area contributed by atoms with E-state index >= 15 is 0 Å². The van der Waals surface area contributed by atoms with Crippen molar-refractivity contribution in [1.82, 2.24) is 9.88 Å². The number of anilines is 1. The van der Waals surface area contributed by atoms with Crippen molar-refractivity contribution in [3.8, 4) is 0 Å². The molecule has 29 heavy (non-hydrogen) atoms. The normalized spacial score (nSPS) is 15.9. The highest BCUT2D eigenvalue weighted by atomic mass is 32.2. The largest absolute Gasteiger partial charge is 0.368 e. The average Bonchev–Trinajstić information content (AvgIpc) is 2.93. The van der Waals surface area contributed by atoms with Gasteiger partial charge in [-0.2, -0.15) is 0 Å². The lowest BCUT2D eigenvalue weighted by molar-refractivity contribution is 0.0767. The highest BCUT2D eigenvalue weighted by molar-refractivity contribution is 7.92. The molecule has 3 rings (SSSR count). The molecule has 0 bridgehead atoms. The van der Waals surface area contributed by atoms with E-state index in [2.05, 4.69) is 9.88 Å². The zero-order chi connectivity index (χ0) is 21.2. The van der Waals surface area contributed by atoms with E-state index in [1.54, 1.807) is 44.0 Å². The molecule has 1 aliphatic rings. The summed E-state index contributed by atoms with van der Waals surface area (Å²) in [6, 6.07) is 8.88. The Morgan fingerprint density at radius 2 is 1.69 bits per heavy atom. The first-order valence-electron chi connectivity index (χ1n) is 9.60. The summed E-state index contributed by atoms with van der Waals surface area (Å²) in [4.78, 5) is 20.7. The van der Waals surface area contributed by atoms with Gasteiger partial charge >= 0.3 is 0 Å². The van der Waals surface area contributed by atoms with Crippen molar-refractivity contribution in [3.63, 3.8) is 0 Å². The quantitative estimate of drug-likeness (QED) is 0.764. The van der Waals surface area contributed by atoms with Crippen molar-refractivity contribution in [2.45, 2.75) is 37.0 Å². The van der Waals surface area contributed by atoms with Crippen LogP contribution >= 0.6 is 0 Å². The Morgan fingerprint density at radius 1 is 1.00 bits per heavy atom. The molecule has 0 N–H and O–H groups in total. The van der Waals surface area contributed by atoms with E-state index in [-0.39, 0.29) is 16.8 Å². The van der Waals surface area contributed by atoms with Crippen LogP contribution in [0, 0.1) is 5.82 Å². The monoisotopic (exact) mass is 419 g/mol. The second-order valence-corrected chi connectivity index (χ2v) is 10.8. The van der Waals surface area contributed by atoms with Gasteiger partial charge in [-0.1, -0.05) is 0 Å². The van der Waals surface area contributed by atoms with E-state index in [0.29, 0.717) is 25.2 Å². The second kappa shape index (κ2) is 8.10. The summed E-state index contributed by atoms with van der Waals surface area (Å²) < 4.78 is 37.2. The lowest BCUT2D eigenvalue weighted by Crippen LogP contribution is -2.35. The zero-order valence-electron chi connectivity index (χ0n) is 16.9. The molecule has 0 radical (unpaired) electrons. The van der Waals surface area contributed by atoms with Gasteiger partial charge in [0.1, 0.15) is 5.82 Å². The number of nitrogens with zero attached hydrogens (tertiary/aromatic N) is 3. The van der Waals surface area contributed by atoms with Crippen LogP contribution in [0.5, 0.6) is 0 Å². The molecule has 8 heteroatoms. The summed E-state index contributed by atoms with van der Waals surface area (Å²) >= 11 is 0. The SMILES string of the molecule is CC(C)(C)S(=O)(=O)c1ccc(N2CCCN(C(=O)c3ccc(F)cc3)CC2)cn1. The molecule has 0 aliphatic carbocycles. The molecular weight excluding hydrogens is 393 g/mol. The predicted molar refractivity (Wildman–Crippen MR) is 110 cm³/mol. The maximum Gasteiger partial charge on any atom is 0.253 e. The van der Waals surface area contributed by atoms with E-state index in [1.807, 2.05) is 0 Å². The van der Waals surface area contributed by atoms with Crippen LogP contribution < -0.4 is 4.90 Å². The van der Waals surface area contributed by atoms with Crippen LogP contribution in [0.3, 0.4) is 0 Å². The summed E-state index contributed by atoms with van der Waals surface area (Å²) in [5, 5.41) is 0.0664. The molecule has 0 spiro atoms. The minimum absolute atomic E-state index is 0.0664. The number of carbonyl (C=O) groups excluding carboxylic acids is 1. The summed E-state index contributed by atoms with van der Waals surface area (Å²) in [7, 11) is -3.49. The third-order valence-corrected chi connectivity index (χ3v) is 7.45. The molecule has 1 aliphatic heterocycles. The van der Waals surface area contributed by atoms with Gasteiger partial charge in [0, 0.05) is 31.7 Å². The van der Waals surface area contributed by atoms with Gasteiger partial charge in [-0.05, 0) is 63.6 Å². The van der Waals surface area contributed by atoms with Gasteiger partial charge < -0.3 is 9.80 Å². The highest BCUT2D eigenvalue weighted by Gasteiger charge is 2.32. The van der Waals surface area contributed by atoms with Crippen LogP contribution in [0.1, 0.15) is 37.6 Å². The van der Waals surface area contributed by atoms with Gasteiger partial charge in [-0.15, -0.1) is 0 Å². The lowest BCUT2D eigenvalue weighted by Gasteiger charge is -2.24. The predicted octanol–water partition coefficient (Wildman–Crippen LogP) is 3.15. The number of carbonyl (C=O) groups is 1. The van der Waals surface area contributed by atoms with Crippen molar-refractivity contribution in [1.29, 1.82) is 0 Å². The maximum absolute atomic E-state index is 13.1. The number of rotatable bonds is 3. The van der Waals surface area contributed by atoms with Gasteiger partial charge in [-0.3, -0.25) is 4.79 Å². The molecule has 2 aromatic rings. The summed E-state index contributed by atoms with van der Waals surface area (Å²) in [5.74, 6) is -0.482. The number of sulfone groups is 1. The van der Waals surface area contributed by atoms with Crippen LogP contribution in [0.4, 0.5) is 10.1 Å². The van der Waals surface area contributed by atoms with Crippen LogP contribution in [0.25, 0.3) is 0 Å². The Hall–Kier alpha value is -2.48. The van der Waals surface area contributed by atoms with E-state index < -0.39 is 14.6 Å². The standard InChI is InChI=1S/C21H26FN3O3S/c1-21(2,3)29(27,28)19-10-9-18(15-23-19)24-11-4-12-25(14-13-24)20(26)16-5-7-17(22)8-6-16/h5-10,15H,4,11-14H2,1-3H3. The van der Waals surface area contributed by atoms with Gasteiger partial charge in [0.2, 0.25) is 0 Å². The molecule has 2 heterocycles. The third kappa shape index (κ3) is 4.58. The molecule has 0 saturated carbocycles. The Kier molecular flexibility index (Phi) is 5.93. The molecule has 1 saturated heterocycles. The number of amides is 1. The number of hydrogen-bond acceptors (Lipinski definition) is 5. The summed E-state index contributed by atoms with van der Waals surface area (Å²) in [5.41, 5.74) is 1.30. The molecule has 1 aromatic heterocycles. The van der Waals surface area contributed by atoms with E-state index in [1.165, 1.54) is 24.3 Å². The third-order valence-electron chi connectivity index (χ3n) is 5.04. The minimum Gasteiger partial charge on any atom is -0.368 e. The molecule has 1 aromatic carbocycles. The maximum atomic E-state index is 13.1. The first-order chi connectivity index (χ1) is 13.6. The second-order valence-electron chi connectivity index (χ2n) is 8.11. The van der Waals surface area contributed by atoms with Crippen molar-refractivity contribution in [2.75, 3.05) is 31.1 Å². The molecule has 6 nitrogen and oxygen atoms in total. The molecule has 0 unspecified atom stereocenters. The number of aromatic nitrogens is 1. The van der Waals surface area contributed by atoms with Gasteiger partial charge in [0.05, 0.1) is 16.6 Å². The van der Waals surface area contributed by atoms with E-state index in [0.717, 1.165) is 18.7 Å². The Balaban J connectivity index is 1.69. The highest BCUT2D eigenvalue weighted by Crippen LogP contribution is 2.25. The Bertz CT molecular complexity index is 968. The number of hydrogen-bond donors (Lipinski definition) is 0. The Labute approximate surface area is 171 Å². The Morgan fingerprint density at radius 3 is 2.28 bits per heavy atom. The smallest absolute Gasteiger partial charge is 0.253 e. The van der Waals surface area contributed by atoms with Crippen molar-refractivity contribution < 1.29 is 17.6 Å². The number of halogens is 1. The molecule has 1 amide bonds. The minimum atomic E-state index is -3.49. The molecule has 0 atom stereocenters. The topological polar surface area (TPSA) is 70.6 Å². The van der Waals surface area contributed by atoms with E-state index in [9.17, 15) is 17.6 Å². The summed E-state index contributed by atoms with van der Waals surface area (Å²) in [6.07, 6.45) is 2.35. The first-order valence-corrected chi connectivity index (χ1v) is 11.1. The molecule has 156 valence electrons. The lowest BCUT2D eigenvalue weighted by atomic mass is 10.2. The van der Waals surface area contributed by atoms with E-state index in [4.69, 9.17) is 0 Å². The van der Waals surface area contributed by atoms with Crippen molar-refractivity contribution >= 4 is 21.4 Å². The fourth-order valence-corrected chi connectivity index (χ4v) is 4.25. The van der Waals surface area contributed by atoms with Crippen LogP contribution in [-0.2, 0) is 9.84 Å². The number of pyridine rings is 1. The van der Waals surface area contributed by atoms with Gasteiger partial charge in [0.15, 0.2) is 14.9 Å². The molecular formula is C21H26FN3O3S. The fourth-order valence-electron chi connectivity index (χ4n) is 3.19. The van der Waals surface area contributed by atoms with Gasteiger partial charge in [-0.25, -0.2) is 17.8 Å². The number of benzene rings is 1. The van der Waals surface area contributed by atoms with Crippen LogP contribution in [0.15, 0.2) is 47.6 Å². The summed E-state index contributed by atoms with van der Waals surface area (Å²) in [6.45, 7) is 7.44. The van der Waals surface area contributed by atoms with Crippen LogP contribution in [0.2, 0.25) is 0 Å². The molecule has 1 fully saturated rings. The fraction of sp³-hybridized carbons (Fsp3) is 0.429. The van der Waals surface area contributed by atoms with Crippen molar-refractivity contribution in [2.24, 2.45) is 0 Å². The van der Waals surface area contributed by atoms with Crippen molar-refractivity contribution in [3.05, 3.63) is 54.0 Å².